The maximum Gasteiger partial charge on any atom is 0.217 e. The number of rotatable bonds is 10. The Morgan fingerprint density at radius 2 is 1.95 bits per heavy atom. The number of nitrogens with two attached hydrogens (primary N) is 1. The van der Waals surface area contributed by atoms with Gasteiger partial charge in [-0.25, -0.2) is 0 Å². The Balaban J connectivity index is 4.27. The first-order valence-corrected chi connectivity index (χ1v) is 6.77. The van der Waals surface area contributed by atoms with E-state index in [1.165, 1.54) is 0 Å². The van der Waals surface area contributed by atoms with E-state index >= 15 is 0 Å². The summed E-state index contributed by atoms with van der Waals surface area (Å²) in [6.45, 7) is 6.40. The van der Waals surface area contributed by atoms with Crippen molar-refractivity contribution in [1.82, 2.24) is 0 Å². The molecule has 0 aliphatic carbocycles. The number of allylic oxidation sites excluding steroid dienone is 3. The minimum atomic E-state index is -0.366. The normalized spacial score (nSPS) is 12.3. The monoisotopic (exact) mass is 267 g/mol. The second-order valence-corrected chi connectivity index (χ2v) is 4.60. The van der Waals surface area contributed by atoms with Crippen molar-refractivity contribution in [3.63, 3.8) is 0 Å². The zero-order valence-corrected chi connectivity index (χ0v) is 12.1. The molecule has 0 saturated carbocycles. The lowest BCUT2D eigenvalue weighted by Crippen LogP contribution is -2.11. The topological polar surface area (TPSA) is 69.4 Å². The van der Waals surface area contributed by atoms with E-state index in [9.17, 15) is 9.59 Å². The van der Waals surface area contributed by atoms with E-state index in [0.717, 1.165) is 6.42 Å². The number of ether oxygens (including phenoxy) is 1. The molecule has 0 spiro atoms. The van der Waals surface area contributed by atoms with Crippen LogP contribution in [-0.4, -0.2) is 24.4 Å². The molecule has 1 amide bonds. The minimum absolute atomic E-state index is 0.0453. The number of ketones is 1. The maximum absolute atomic E-state index is 11.9. The zero-order valence-electron chi connectivity index (χ0n) is 12.1. The lowest BCUT2D eigenvalue weighted by molar-refractivity contribution is -0.118. The molecule has 0 radical (unpaired) electrons. The van der Waals surface area contributed by atoms with Gasteiger partial charge < -0.3 is 10.5 Å². The first-order valence-electron chi connectivity index (χ1n) is 6.77. The Hall–Kier alpha value is -1.42. The lowest BCUT2D eigenvalue weighted by atomic mass is 10.0. The molecule has 0 fully saturated rings. The summed E-state index contributed by atoms with van der Waals surface area (Å²) in [4.78, 5) is 22.5. The van der Waals surface area contributed by atoms with Crippen molar-refractivity contribution in [3.8, 4) is 0 Å². The largest absolute Gasteiger partial charge is 0.375 e. The van der Waals surface area contributed by atoms with Crippen molar-refractivity contribution < 1.29 is 14.3 Å². The summed E-state index contributed by atoms with van der Waals surface area (Å²) in [6.07, 6.45) is 7.60. The molecule has 0 heterocycles. The number of Topliss-reactive ketones (excluding diaryl/α,β-unsaturated/α-hetero) is 1. The van der Waals surface area contributed by atoms with Gasteiger partial charge in [-0.15, -0.1) is 0 Å². The van der Waals surface area contributed by atoms with Gasteiger partial charge in [-0.2, -0.15) is 0 Å². The maximum atomic E-state index is 11.9. The van der Waals surface area contributed by atoms with Gasteiger partial charge in [0.15, 0.2) is 5.78 Å². The molecule has 4 nitrogen and oxygen atoms in total. The Morgan fingerprint density at radius 1 is 1.26 bits per heavy atom. The van der Waals surface area contributed by atoms with Crippen LogP contribution >= 0.6 is 0 Å². The highest BCUT2D eigenvalue weighted by atomic mass is 16.5. The molecule has 0 unspecified atom stereocenters. The lowest BCUT2D eigenvalue weighted by Gasteiger charge is -2.04. The molecule has 2 N–H and O–H groups in total. The highest BCUT2D eigenvalue weighted by molar-refractivity contribution is 5.98. The summed E-state index contributed by atoms with van der Waals surface area (Å²) in [5, 5.41) is 0. The summed E-state index contributed by atoms with van der Waals surface area (Å²) >= 11 is 0. The fourth-order valence-electron chi connectivity index (χ4n) is 1.49. The van der Waals surface area contributed by atoms with Crippen molar-refractivity contribution in [1.29, 1.82) is 0 Å². The average Bonchev–Trinajstić information content (AvgIpc) is 2.32. The molecular weight excluding hydrogens is 242 g/mol. The molecule has 19 heavy (non-hydrogen) atoms. The third-order valence-corrected chi connectivity index (χ3v) is 2.40. The highest BCUT2D eigenvalue weighted by Gasteiger charge is 2.06. The molecule has 0 aromatic heterocycles. The SMILES string of the molecule is CCC=C(C=CCOC(C)C)C(=O)CCCC(N)=O. The van der Waals surface area contributed by atoms with Crippen molar-refractivity contribution in [2.45, 2.75) is 52.6 Å². The number of carbonyl (C=O) groups excluding carboxylic acids is 2. The molecule has 4 heteroatoms. The summed E-state index contributed by atoms with van der Waals surface area (Å²) in [6, 6.07) is 0. The number of primary amides is 1. The van der Waals surface area contributed by atoms with E-state index in [2.05, 4.69) is 0 Å². The van der Waals surface area contributed by atoms with Crippen LogP contribution in [0.2, 0.25) is 0 Å². The summed E-state index contributed by atoms with van der Waals surface area (Å²) in [5.74, 6) is -0.321. The van der Waals surface area contributed by atoms with Crippen molar-refractivity contribution in [3.05, 3.63) is 23.8 Å². The van der Waals surface area contributed by atoms with E-state index in [-0.39, 0.29) is 24.2 Å². The third kappa shape index (κ3) is 10.2. The Bertz CT molecular complexity index is 343. The number of hydrogen-bond acceptors (Lipinski definition) is 3. The number of carbonyl (C=O) groups is 2. The van der Waals surface area contributed by atoms with Gasteiger partial charge in [0, 0.05) is 18.4 Å². The molecule has 108 valence electrons. The first-order chi connectivity index (χ1) is 8.97. The molecule has 0 aromatic carbocycles. The quantitative estimate of drug-likeness (QED) is 0.488. The predicted octanol–water partition coefficient (Wildman–Crippen LogP) is 2.53. The summed E-state index contributed by atoms with van der Waals surface area (Å²) in [7, 11) is 0. The van der Waals surface area contributed by atoms with Crippen LogP contribution in [0.15, 0.2) is 23.8 Å². The Morgan fingerprint density at radius 3 is 2.47 bits per heavy atom. The molecule has 0 aliphatic heterocycles. The molecule has 0 aliphatic rings. The van der Waals surface area contributed by atoms with Crippen LogP contribution in [0, 0.1) is 0 Å². The third-order valence-electron chi connectivity index (χ3n) is 2.40. The predicted molar refractivity (Wildman–Crippen MR) is 76.7 cm³/mol. The van der Waals surface area contributed by atoms with E-state index in [0.29, 0.717) is 25.0 Å². The average molecular weight is 267 g/mol. The van der Waals surface area contributed by atoms with E-state index in [1.54, 1.807) is 6.08 Å². The molecule has 0 rings (SSSR count). The van der Waals surface area contributed by atoms with Crippen molar-refractivity contribution in [2.24, 2.45) is 5.73 Å². The number of hydrogen-bond donors (Lipinski definition) is 1. The summed E-state index contributed by atoms with van der Waals surface area (Å²) < 4.78 is 5.38. The van der Waals surface area contributed by atoms with Crippen LogP contribution in [0.25, 0.3) is 0 Å². The van der Waals surface area contributed by atoms with E-state index < -0.39 is 0 Å². The first kappa shape index (κ1) is 17.6. The standard InChI is InChI=1S/C15H25NO3/c1-4-7-13(8-6-11-19-12(2)3)14(17)9-5-10-15(16)18/h6-8,12H,4-5,9-11H2,1-3H3,(H2,16,18). The van der Waals surface area contributed by atoms with Gasteiger partial charge in [-0.3, -0.25) is 9.59 Å². The molecule has 0 saturated heterocycles. The number of amides is 1. The fraction of sp³-hybridized carbons (Fsp3) is 0.600. The van der Waals surface area contributed by atoms with Gasteiger partial charge in [0.1, 0.15) is 0 Å². The zero-order chi connectivity index (χ0) is 14.7. The van der Waals surface area contributed by atoms with Gasteiger partial charge in [-0.05, 0) is 26.7 Å². The molecular formula is C15H25NO3. The van der Waals surface area contributed by atoms with Gasteiger partial charge >= 0.3 is 0 Å². The van der Waals surface area contributed by atoms with Crippen LogP contribution in [-0.2, 0) is 14.3 Å². The molecule has 0 aromatic rings. The molecule has 0 atom stereocenters. The van der Waals surface area contributed by atoms with E-state index in [4.69, 9.17) is 10.5 Å². The second-order valence-electron chi connectivity index (χ2n) is 4.60. The van der Waals surface area contributed by atoms with Crippen LogP contribution in [0.5, 0.6) is 0 Å². The minimum Gasteiger partial charge on any atom is -0.375 e. The fourth-order valence-corrected chi connectivity index (χ4v) is 1.49. The van der Waals surface area contributed by atoms with Gasteiger partial charge in [0.05, 0.1) is 12.7 Å². The van der Waals surface area contributed by atoms with Gasteiger partial charge in [0.25, 0.3) is 0 Å². The van der Waals surface area contributed by atoms with Crippen LogP contribution in [0.4, 0.5) is 0 Å². The van der Waals surface area contributed by atoms with Crippen LogP contribution < -0.4 is 5.73 Å². The van der Waals surface area contributed by atoms with Crippen LogP contribution in [0.3, 0.4) is 0 Å². The summed E-state index contributed by atoms with van der Waals surface area (Å²) in [5.41, 5.74) is 5.72. The smallest absolute Gasteiger partial charge is 0.217 e. The Kier molecular flexibility index (Phi) is 9.71. The van der Waals surface area contributed by atoms with Crippen molar-refractivity contribution >= 4 is 11.7 Å². The molecule has 0 bridgehead atoms. The van der Waals surface area contributed by atoms with Crippen molar-refractivity contribution in [2.75, 3.05) is 6.61 Å². The highest BCUT2D eigenvalue weighted by Crippen LogP contribution is 2.08. The van der Waals surface area contributed by atoms with Gasteiger partial charge in [0.2, 0.25) is 5.91 Å². The van der Waals surface area contributed by atoms with Crippen LogP contribution in [0.1, 0.15) is 46.5 Å². The van der Waals surface area contributed by atoms with Gasteiger partial charge in [-0.1, -0.05) is 25.2 Å². The van der Waals surface area contributed by atoms with E-state index in [1.807, 2.05) is 32.9 Å². The second kappa shape index (κ2) is 10.5. The Labute approximate surface area is 115 Å².